The summed E-state index contributed by atoms with van der Waals surface area (Å²) in [5, 5.41) is 3.63. The van der Waals surface area contributed by atoms with E-state index in [4.69, 9.17) is 21.1 Å². The molecule has 0 saturated carbocycles. The Morgan fingerprint density at radius 2 is 2.17 bits per heavy atom. The maximum Gasteiger partial charge on any atom is 0.258 e. The highest BCUT2D eigenvalue weighted by Gasteiger charge is 2.23. The molecule has 4 nitrogen and oxygen atoms in total. The summed E-state index contributed by atoms with van der Waals surface area (Å²) in [5.74, 6) is 1.35. The van der Waals surface area contributed by atoms with Gasteiger partial charge in [-0.1, -0.05) is 23.7 Å². The van der Waals surface area contributed by atoms with E-state index in [-0.39, 0.29) is 18.6 Å². The average Bonchev–Trinajstić information content (AvgIpc) is 2.57. The number of carbonyl (C=O) groups is 1. The third kappa shape index (κ3) is 3.65. The Labute approximate surface area is 146 Å². The summed E-state index contributed by atoms with van der Waals surface area (Å²) in [5.41, 5.74) is 3.10. The Morgan fingerprint density at radius 3 is 3.00 bits per heavy atom. The van der Waals surface area contributed by atoms with E-state index < -0.39 is 0 Å². The van der Waals surface area contributed by atoms with Gasteiger partial charge < -0.3 is 14.8 Å². The van der Waals surface area contributed by atoms with Crippen LogP contribution in [0.2, 0.25) is 5.02 Å². The Kier molecular flexibility index (Phi) is 4.95. The van der Waals surface area contributed by atoms with Crippen molar-refractivity contribution in [2.75, 3.05) is 13.2 Å². The van der Waals surface area contributed by atoms with Gasteiger partial charge in [-0.2, -0.15) is 0 Å². The number of rotatable bonds is 4. The molecule has 0 aromatic heterocycles. The molecular weight excluding hydrogens is 326 g/mol. The maximum absolute atomic E-state index is 12.3. The van der Waals surface area contributed by atoms with E-state index in [9.17, 15) is 4.79 Å². The lowest BCUT2D eigenvalue weighted by atomic mass is 10.0. The number of amides is 1. The monoisotopic (exact) mass is 345 g/mol. The molecule has 5 heteroatoms. The molecule has 1 amide bonds. The second-order valence-electron chi connectivity index (χ2n) is 5.93. The number of hydrogen-bond donors (Lipinski definition) is 1. The molecule has 1 heterocycles. The molecule has 0 fully saturated rings. The molecular formula is C19H20ClNO3. The van der Waals surface area contributed by atoms with E-state index >= 15 is 0 Å². The SMILES string of the molecule is Cc1cccc(OCC(=O)NC2CCOc3ccc(Cl)cc32)c1C. The first-order chi connectivity index (χ1) is 11.5. The van der Waals surface area contributed by atoms with Gasteiger partial charge in [0, 0.05) is 17.0 Å². The normalized spacial score (nSPS) is 16.0. The summed E-state index contributed by atoms with van der Waals surface area (Å²) >= 11 is 6.06. The summed E-state index contributed by atoms with van der Waals surface area (Å²) in [6.45, 7) is 4.55. The number of nitrogens with one attached hydrogen (secondary N) is 1. The third-order valence-electron chi connectivity index (χ3n) is 4.26. The van der Waals surface area contributed by atoms with Gasteiger partial charge in [0.05, 0.1) is 12.6 Å². The molecule has 1 unspecified atom stereocenters. The molecule has 1 atom stereocenters. The van der Waals surface area contributed by atoms with Crippen LogP contribution >= 0.6 is 11.6 Å². The molecule has 0 aliphatic carbocycles. The molecule has 2 aromatic carbocycles. The number of halogens is 1. The Bertz CT molecular complexity index is 760. The van der Waals surface area contributed by atoms with Gasteiger partial charge in [0.2, 0.25) is 0 Å². The van der Waals surface area contributed by atoms with Crippen molar-refractivity contribution in [3.63, 3.8) is 0 Å². The van der Waals surface area contributed by atoms with Crippen molar-refractivity contribution >= 4 is 17.5 Å². The van der Waals surface area contributed by atoms with Crippen molar-refractivity contribution in [1.29, 1.82) is 0 Å². The van der Waals surface area contributed by atoms with Crippen molar-refractivity contribution < 1.29 is 14.3 Å². The molecule has 126 valence electrons. The fraction of sp³-hybridized carbons (Fsp3) is 0.316. The van der Waals surface area contributed by atoms with E-state index in [2.05, 4.69) is 5.32 Å². The highest BCUT2D eigenvalue weighted by atomic mass is 35.5. The van der Waals surface area contributed by atoms with Crippen LogP contribution in [0.1, 0.15) is 29.2 Å². The highest BCUT2D eigenvalue weighted by Crippen LogP contribution is 2.33. The summed E-state index contributed by atoms with van der Waals surface area (Å²) in [6, 6.07) is 11.2. The summed E-state index contributed by atoms with van der Waals surface area (Å²) in [7, 11) is 0. The lowest BCUT2D eigenvalue weighted by Gasteiger charge is -2.27. The van der Waals surface area contributed by atoms with Crippen LogP contribution in [0, 0.1) is 13.8 Å². The van der Waals surface area contributed by atoms with Crippen molar-refractivity contribution in [3.8, 4) is 11.5 Å². The first kappa shape index (κ1) is 16.7. The summed E-state index contributed by atoms with van der Waals surface area (Å²) < 4.78 is 11.3. The number of benzene rings is 2. The molecule has 1 aliphatic heterocycles. The number of aryl methyl sites for hydroxylation is 1. The van der Waals surface area contributed by atoms with Gasteiger partial charge in [-0.25, -0.2) is 0 Å². The fourth-order valence-corrected chi connectivity index (χ4v) is 2.96. The summed E-state index contributed by atoms with van der Waals surface area (Å²) in [4.78, 5) is 12.3. The molecule has 0 saturated heterocycles. The minimum absolute atomic E-state index is 0.0163. The van der Waals surface area contributed by atoms with Gasteiger partial charge in [-0.05, 0) is 49.2 Å². The molecule has 24 heavy (non-hydrogen) atoms. The topological polar surface area (TPSA) is 47.6 Å². The minimum Gasteiger partial charge on any atom is -0.493 e. The number of fused-ring (bicyclic) bond motifs is 1. The lowest BCUT2D eigenvalue weighted by molar-refractivity contribution is -0.124. The van der Waals surface area contributed by atoms with Crippen molar-refractivity contribution in [2.45, 2.75) is 26.3 Å². The van der Waals surface area contributed by atoms with E-state index in [0.29, 0.717) is 18.1 Å². The quantitative estimate of drug-likeness (QED) is 0.911. The fourth-order valence-electron chi connectivity index (χ4n) is 2.78. The first-order valence-corrected chi connectivity index (χ1v) is 8.33. The van der Waals surface area contributed by atoms with Crippen molar-refractivity contribution in [1.82, 2.24) is 5.32 Å². The van der Waals surface area contributed by atoms with Crippen LogP contribution in [0.15, 0.2) is 36.4 Å². The molecule has 1 aliphatic rings. The second-order valence-corrected chi connectivity index (χ2v) is 6.36. The van der Waals surface area contributed by atoms with Crippen LogP contribution in [0.25, 0.3) is 0 Å². The number of carbonyl (C=O) groups excluding carboxylic acids is 1. The van der Waals surface area contributed by atoms with E-state index in [1.54, 1.807) is 6.07 Å². The van der Waals surface area contributed by atoms with Gasteiger partial charge in [-0.15, -0.1) is 0 Å². The Balaban J connectivity index is 1.64. The zero-order valence-electron chi connectivity index (χ0n) is 13.8. The minimum atomic E-state index is -0.159. The molecule has 0 bridgehead atoms. The summed E-state index contributed by atoms with van der Waals surface area (Å²) in [6.07, 6.45) is 0.711. The highest BCUT2D eigenvalue weighted by molar-refractivity contribution is 6.30. The molecule has 2 aromatic rings. The van der Waals surface area contributed by atoms with Crippen LogP contribution in [0.3, 0.4) is 0 Å². The zero-order chi connectivity index (χ0) is 17.1. The average molecular weight is 346 g/mol. The zero-order valence-corrected chi connectivity index (χ0v) is 14.5. The maximum atomic E-state index is 12.3. The van der Waals surface area contributed by atoms with Crippen molar-refractivity contribution in [3.05, 3.63) is 58.1 Å². The van der Waals surface area contributed by atoms with E-state index in [1.165, 1.54) is 0 Å². The predicted molar refractivity (Wildman–Crippen MR) is 93.9 cm³/mol. The smallest absolute Gasteiger partial charge is 0.258 e. The van der Waals surface area contributed by atoms with E-state index in [1.807, 2.05) is 44.2 Å². The standard InChI is InChI=1S/C19H20ClNO3/c1-12-4-3-5-17(13(12)2)24-11-19(22)21-16-8-9-23-18-7-6-14(20)10-15(16)18/h3-7,10,16H,8-9,11H2,1-2H3,(H,21,22). The Hall–Kier alpha value is -2.20. The largest absolute Gasteiger partial charge is 0.493 e. The third-order valence-corrected chi connectivity index (χ3v) is 4.50. The van der Waals surface area contributed by atoms with E-state index in [0.717, 1.165) is 28.2 Å². The first-order valence-electron chi connectivity index (χ1n) is 7.95. The molecule has 1 N–H and O–H groups in total. The van der Waals surface area contributed by atoms with Gasteiger partial charge in [0.25, 0.3) is 5.91 Å². The van der Waals surface area contributed by atoms with Crippen LogP contribution in [0.5, 0.6) is 11.5 Å². The van der Waals surface area contributed by atoms with Crippen LogP contribution < -0.4 is 14.8 Å². The van der Waals surface area contributed by atoms with Crippen LogP contribution in [-0.2, 0) is 4.79 Å². The second kappa shape index (κ2) is 7.14. The Morgan fingerprint density at radius 1 is 1.33 bits per heavy atom. The lowest BCUT2D eigenvalue weighted by Crippen LogP contribution is -2.35. The van der Waals surface area contributed by atoms with Crippen molar-refractivity contribution in [2.24, 2.45) is 0 Å². The molecule has 3 rings (SSSR count). The molecule has 0 radical (unpaired) electrons. The predicted octanol–water partition coefficient (Wildman–Crippen LogP) is 3.98. The molecule has 0 spiro atoms. The van der Waals surface area contributed by atoms with Crippen LogP contribution in [0.4, 0.5) is 0 Å². The van der Waals surface area contributed by atoms with Gasteiger partial charge >= 0.3 is 0 Å². The van der Waals surface area contributed by atoms with Gasteiger partial charge in [0.1, 0.15) is 11.5 Å². The van der Waals surface area contributed by atoms with Gasteiger partial charge in [-0.3, -0.25) is 4.79 Å². The number of ether oxygens (including phenoxy) is 2. The van der Waals surface area contributed by atoms with Gasteiger partial charge in [0.15, 0.2) is 6.61 Å². The number of hydrogen-bond acceptors (Lipinski definition) is 3. The van der Waals surface area contributed by atoms with Crippen LogP contribution in [-0.4, -0.2) is 19.1 Å².